The third-order valence-electron chi connectivity index (χ3n) is 2.77. The SMILES string of the molecule is CCCC(=O)NC(COC)C(=O)NCc1ccccc1. The lowest BCUT2D eigenvalue weighted by molar-refractivity contribution is -0.130. The summed E-state index contributed by atoms with van der Waals surface area (Å²) in [5.41, 5.74) is 1.01. The predicted octanol–water partition coefficient (Wildman–Crippen LogP) is 1.23. The van der Waals surface area contributed by atoms with Crippen molar-refractivity contribution in [3.63, 3.8) is 0 Å². The number of carbonyl (C=O) groups excluding carboxylic acids is 2. The third-order valence-corrected chi connectivity index (χ3v) is 2.77. The summed E-state index contributed by atoms with van der Waals surface area (Å²) in [5, 5.41) is 5.48. The van der Waals surface area contributed by atoms with E-state index in [-0.39, 0.29) is 18.4 Å². The maximum Gasteiger partial charge on any atom is 0.245 e. The number of carbonyl (C=O) groups is 2. The molecule has 0 heterocycles. The second kappa shape index (κ2) is 9.09. The molecule has 0 aromatic heterocycles. The van der Waals surface area contributed by atoms with Gasteiger partial charge in [-0.05, 0) is 12.0 Å². The molecule has 0 saturated heterocycles. The largest absolute Gasteiger partial charge is 0.382 e. The van der Waals surface area contributed by atoms with Gasteiger partial charge in [-0.15, -0.1) is 0 Å². The average Bonchev–Trinajstić information content (AvgIpc) is 2.45. The van der Waals surface area contributed by atoms with Crippen LogP contribution < -0.4 is 10.6 Å². The van der Waals surface area contributed by atoms with Crippen LogP contribution in [0.15, 0.2) is 30.3 Å². The Hall–Kier alpha value is -1.88. The smallest absolute Gasteiger partial charge is 0.245 e. The molecule has 1 unspecified atom stereocenters. The zero-order chi connectivity index (χ0) is 14.8. The summed E-state index contributed by atoms with van der Waals surface area (Å²) in [5.74, 6) is -0.371. The predicted molar refractivity (Wildman–Crippen MR) is 77.0 cm³/mol. The number of methoxy groups -OCH3 is 1. The molecule has 2 amide bonds. The second-order valence-electron chi connectivity index (χ2n) is 4.53. The molecule has 1 aromatic carbocycles. The molecule has 1 aromatic rings. The Morgan fingerprint density at radius 2 is 1.95 bits per heavy atom. The zero-order valence-corrected chi connectivity index (χ0v) is 12.0. The quantitative estimate of drug-likeness (QED) is 0.751. The summed E-state index contributed by atoms with van der Waals surface area (Å²) < 4.78 is 4.98. The maximum atomic E-state index is 12.0. The van der Waals surface area contributed by atoms with Gasteiger partial charge in [-0.3, -0.25) is 9.59 Å². The number of ether oxygens (including phenoxy) is 1. The molecule has 0 aliphatic rings. The average molecular weight is 278 g/mol. The fraction of sp³-hybridized carbons (Fsp3) is 0.467. The van der Waals surface area contributed by atoms with Crippen molar-refractivity contribution in [2.75, 3.05) is 13.7 Å². The van der Waals surface area contributed by atoms with Crippen LogP contribution in [0.1, 0.15) is 25.3 Å². The van der Waals surface area contributed by atoms with Crippen molar-refractivity contribution in [3.05, 3.63) is 35.9 Å². The van der Waals surface area contributed by atoms with E-state index in [0.29, 0.717) is 13.0 Å². The first kappa shape index (κ1) is 16.2. The van der Waals surface area contributed by atoms with E-state index in [2.05, 4.69) is 10.6 Å². The molecular formula is C15H22N2O3. The van der Waals surface area contributed by atoms with Crippen molar-refractivity contribution >= 4 is 11.8 Å². The lowest BCUT2D eigenvalue weighted by Crippen LogP contribution is -2.49. The monoisotopic (exact) mass is 278 g/mol. The first-order chi connectivity index (χ1) is 9.67. The molecule has 5 heteroatoms. The molecule has 0 radical (unpaired) electrons. The molecule has 20 heavy (non-hydrogen) atoms. The Labute approximate surface area is 119 Å². The number of nitrogens with one attached hydrogen (secondary N) is 2. The number of amides is 2. The second-order valence-corrected chi connectivity index (χ2v) is 4.53. The fourth-order valence-electron chi connectivity index (χ4n) is 1.75. The molecular weight excluding hydrogens is 256 g/mol. The van der Waals surface area contributed by atoms with Gasteiger partial charge in [0.1, 0.15) is 6.04 Å². The van der Waals surface area contributed by atoms with Crippen molar-refractivity contribution in [2.45, 2.75) is 32.4 Å². The Morgan fingerprint density at radius 1 is 1.25 bits per heavy atom. The summed E-state index contributed by atoms with van der Waals surface area (Å²) in [6.45, 7) is 2.51. The normalized spacial score (nSPS) is 11.7. The van der Waals surface area contributed by atoms with Crippen molar-refractivity contribution < 1.29 is 14.3 Å². The zero-order valence-electron chi connectivity index (χ0n) is 12.0. The van der Waals surface area contributed by atoms with Gasteiger partial charge in [-0.25, -0.2) is 0 Å². The van der Waals surface area contributed by atoms with Gasteiger partial charge in [0, 0.05) is 20.1 Å². The van der Waals surface area contributed by atoms with Crippen LogP contribution in [0.4, 0.5) is 0 Å². The van der Waals surface area contributed by atoms with Crippen molar-refractivity contribution in [1.82, 2.24) is 10.6 Å². The van der Waals surface area contributed by atoms with Crippen LogP contribution >= 0.6 is 0 Å². The summed E-state index contributed by atoms with van der Waals surface area (Å²) in [6.07, 6.45) is 1.16. The minimum absolute atomic E-state index is 0.135. The maximum absolute atomic E-state index is 12.0. The summed E-state index contributed by atoms with van der Waals surface area (Å²) >= 11 is 0. The highest BCUT2D eigenvalue weighted by atomic mass is 16.5. The lowest BCUT2D eigenvalue weighted by Gasteiger charge is -2.17. The molecule has 0 fully saturated rings. The molecule has 0 bridgehead atoms. The highest BCUT2D eigenvalue weighted by Gasteiger charge is 2.19. The van der Waals surface area contributed by atoms with Gasteiger partial charge in [0.05, 0.1) is 6.61 Å². The van der Waals surface area contributed by atoms with E-state index >= 15 is 0 Å². The minimum atomic E-state index is -0.650. The third kappa shape index (κ3) is 5.84. The van der Waals surface area contributed by atoms with Gasteiger partial charge in [0.2, 0.25) is 11.8 Å². The Morgan fingerprint density at radius 3 is 2.55 bits per heavy atom. The Kier molecular flexibility index (Phi) is 7.35. The van der Waals surface area contributed by atoms with Crippen molar-refractivity contribution in [1.29, 1.82) is 0 Å². The van der Waals surface area contributed by atoms with E-state index in [1.54, 1.807) is 0 Å². The fourth-order valence-corrected chi connectivity index (χ4v) is 1.75. The summed E-state index contributed by atoms with van der Waals surface area (Å²) in [6, 6.07) is 8.96. The van der Waals surface area contributed by atoms with E-state index in [1.165, 1.54) is 7.11 Å². The number of hydrogen-bond donors (Lipinski definition) is 2. The van der Waals surface area contributed by atoms with Crippen LogP contribution in [0.5, 0.6) is 0 Å². The molecule has 5 nitrogen and oxygen atoms in total. The molecule has 0 saturated carbocycles. The molecule has 110 valence electrons. The molecule has 1 atom stereocenters. The highest BCUT2D eigenvalue weighted by Crippen LogP contribution is 1.98. The van der Waals surface area contributed by atoms with Crippen LogP contribution in [0.3, 0.4) is 0 Å². The number of rotatable bonds is 8. The Bertz CT molecular complexity index is 420. The van der Waals surface area contributed by atoms with Crippen molar-refractivity contribution in [2.24, 2.45) is 0 Å². The number of hydrogen-bond acceptors (Lipinski definition) is 3. The van der Waals surface area contributed by atoms with Gasteiger partial charge in [-0.2, -0.15) is 0 Å². The topological polar surface area (TPSA) is 67.4 Å². The van der Waals surface area contributed by atoms with Gasteiger partial charge in [0.25, 0.3) is 0 Å². The lowest BCUT2D eigenvalue weighted by atomic mass is 10.2. The van der Waals surface area contributed by atoms with E-state index in [9.17, 15) is 9.59 Å². The van der Waals surface area contributed by atoms with Gasteiger partial charge in [-0.1, -0.05) is 37.3 Å². The van der Waals surface area contributed by atoms with E-state index in [1.807, 2.05) is 37.3 Å². The van der Waals surface area contributed by atoms with Gasteiger partial charge in [0.15, 0.2) is 0 Å². The molecule has 0 aliphatic carbocycles. The summed E-state index contributed by atoms with van der Waals surface area (Å²) in [4.78, 5) is 23.6. The van der Waals surface area contributed by atoms with E-state index < -0.39 is 6.04 Å². The number of benzene rings is 1. The van der Waals surface area contributed by atoms with Crippen LogP contribution in [0.25, 0.3) is 0 Å². The van der Waals surface area contributed by atoms with Crippen LogP contribution in [0.2, 0.25) is 0 Å². The first-order valence-corrected chi connectivity index (χ1v) is 6.77. The first-order valence-electron chi connectivity index (χ1n) is 6.77. The summed E-state index contributed by atoms with van der Waals surface area (Å²) in [7, 11) is 1.50. The van der Waals surface area contributed by atoms with Crippen molar-refractivity contribution in [3.8, 4) is 0 Å². The highest BCUT2D eigenvalue weighted by molar-refractivity contribution is 5.87. The van der Waals surface area contributed by atoms with Crippen LogP contribution in [-0.2, 0) is 20.9 Å². The van der Waals surface area contributed by atoms with Gasteiger partial charge < -0.3 is 15.4 Å². The molecule has 0 spiro atoms. The van der Waals surface area contributed by atoms with Crippen LogP contribution in [0, 0.1) is 0 Å². The minimum Gasteiger partial charge on any atom is -0.382 e. The molecule has 0 aliphatic heterocycles. The molecule has 2 N–H and O–H groups in total. The van der Waals surface area contributed by atoms with E-state index in [0.717, 1.165) is 12.0 Å². The molecule has 1 rings (SSSR count). The standard InChI is InChI=1S/C15H22N2O3/c1-3-7-14(18)17-13(11-20-2)15(19)16-10-12-8-5-4-6-9-12/h4-6,8-9,13H,3,7,10-11H2,1-2H3,(H,16,19)(H,17,18). The Balaban J connectivity index is 2.49. The van der Waals surface area contributed by atoms with E-state index in [4.69, 9.17) is 4.74 Å². The van der Waals surface area contributed by atoms with Crippen LogP contribution in [-0.4, -0.2) is 31.6 Å². The van der Waals surface area contributed by atoms with Gasteiger partial charge >= 0.3 is 0 Å².